The molecule has 0 N–H and O–H groups in total. The quantitative estimate of drug-likeness (QED) is 0.597. The van der Waals surface area contributed by atoms with Gasteiger partial charge in [-0.15, -0.1) is 0 Å². The number of carbonyl (C=O) groups is 1. The summed E-state index contributed by atoms with van der Waals surface area (Å²) in [4.78, 5) is 29.4. The summed E-state index contributed by atoms with van der Waals surface area (Å²) < 4.78 is 6.88. The highest BCUT2D eigenvalue weighted by Crippen LogP contribution is 2.28. The zero-order valence-corrected chi connectivity index (χ0v) is 16.0. The molecule has 0 bridgehead atoms. The Balaban J connectivity index is 1.80. The average Bonchev–Trinajstić information content (AvgIpc) is 2.68. The van der Waals surface area contributed by atoms with Crippen molar-refractivity contribution in [1.29, 1.82) is 0 Å². The first kappa shape index (κ1) is 19.1. The summed E-state index contributed by atoms with van der Waals surface area (Å²) in [5.41, 5.74) is 1.53. The van der Waals surface area contributed by atoms with Gasteiger partial charge < -0.3 is 4.74 Å². The molecular weight excluding hydrogens is 364 g/mol. The lowest BCUT2D eigenvalue weighted by Crippen LogP contribution is -2.23. The number of esters is 1. The Labute approximate surface area is 162 Å². The smallest absolute Gasteiger partial charge is 0.314 e. The van der Waals surface area contributed by atoms with Crippen LogP contribution in [0.5, 0.6) is 0 Å². The van der Waals surface area contributed by atoms with E-state index >= 15 is 0 Å². The summed E-state index contributed by atoms with van der Waals surface area (Å²) in [6.07, 6.45) is 2.36. The molecule has 2 atom stereocenters. The number of halogens is 1. The average molecular weight is 385 g/mol. The maximum atomic E-state index is 12.8. The molecule has 2 heterocycles. The van der Waals surface area contributed by atoms with Crippen molar-refractivity contribution in [1.82, 2.24) is 9.38 Å². The number of aromatic nitrogens is 2. The van der Waals surface area contributed by atoms with Gasteiger partial charge in [0.25, 0.3) is 5.56 Å². The Hall–Kier alpha value is -2.66. The van der Waals surface area contributed by atoms with Gasteiger partial charge in [-0.25, -0.2) is 4.98 Å². The highest BCUT2D eigenvalue weighted by Gasteiger charge is 2.27. The van der Waals surface area contributed by atoms with E-state index in [9.17, 15) is 9.59 Å². The minimum absolute atomic E-state index is 0.0486. The van der Waals surface area contributed by atoms with Crippen molar-refractivity contribution >= 4 is 23.2 Å². The van der Waals surface area contributed by atoms with Crippen LogP contribution >= 0.6 is 11.6 Å². The largest absolute Gasteiger partial charge is 0.459 e. The molecule has 2 aromatic heterocycles. The third kappa shape index (κ3) is 4.37. The number of pyridine rings is 1. The van der Waals surface area contributed by atoms with Crippen LogP contribution in [0.3, 0.4) is 0 Å². The fourth-order valence-corrected chi connectivity index (χ4v) is 3.19. The number of hydrogen-bond acceptors (Lipinski definition) is 4. The van der Waals surface area contributed by atoms with E-state index in [1.807, 2.05) is 44.2 Å². The second-order valence-electron chi connectivity index (χ2n) is 6.54. The Morgan fingerprint density at radius 1 is 1.22 bits per heavy atom. The van der Waals surface area contributed by atoms with Crippen molar-refractivity contribution in [2.24, 2.45) is 5.92 Å². The van der Waals surface area contributed by atoms with Gasteiger partial charge >= 0.3 is 5.97 Å². The first-order valence-corrected chi connectivity index (χ1v) is 9.26. The number of ether oxygens (including phenoxy) is 1. The van der Waals surface area contributed by atoms with Crippen molar-refractivity contribution in [2.45, 2.75) is 32.8 Å². The van der Waals surface area contributed by atoms with E-state index in [1.54, 1.807) is 12.1 Å². The van der Waals surface area contributed by atoms with Crippen LogP contribution in [0, 0.1) is 5.92 Å². The molecule has 140 valence electrons. The molecule has 0 aliphatic rings. The molecule has 0 aliphatic carbocycles. The van der Waals surface area contributed by atoms with Gasteiger partial charge in [-0.2, -0.15) is 0 Å². The molecule has 5 nitrogen and oxygen atoms in total. The fraction of sp³-hybridized carbons (Fsp3) is 0.286. The molecule has 0 aliphatic heterocycles. The van der Waals surface area contributed by atoms with E-state index in [2.05, 4.69) is 4.98 Å². The lowest BCUT2D eigenvalue weighted by Gasteiger charge is -2.21. The van der Waals surface area contributed by atoms with Crippen molar-refractivity contribution < 1.29 is 9.53 Å². The molecule has 0 radical (unpaired) electrons. The molecule has 0 saturated carbocycles. The van der Waals surface area contributed by atoms with E-state index in [0.29, 0.717) is 16.4 Å². The van der Waals surface area contributed by atoms with Crippen LogP contribution in [-0.4, -0.2) is 15.4 Å². The molecule has 1 aromatic carbocycles. The third-order valence-corrected chi connectivity index (χ3v) is 4.89. The topological polar surface area (TPSA) is 60.7 Å². The maximum absolute atomic E-state index is 12.8. The van der Waals surface area contributed by atoms with E-state index in [0.717, 1.165) is 12.0 Å². The van der Waals surface area contributed by atoms with Gasteiger partial charge in [0.05, 0.1) is 16.6 Å². The molecule has 0 saturated heterocycles. The predicted octanol–water partition coefficient (Wildman–Crippen LogP) is 4.22. The van der Waals surface area contributed by atoms with E-state index in [4.69, 9.17) is 16.3 Å². The third-order valence-electron chi connectivity index (χ3n) is 4.66. The van der Waals surface area contributed by atoms with Crippen molar-refractivity contribution in [3.05, 3.63) is 81.4 Å². The zero-order chi connectivity index (χ0) is 19.4. The number of benzene rings is 1. The zero-order valence-electron chi connectivity index (χ0n) is 15.3. The summed E-state index contributed by atoms with van der Waals surface area (Å²) >= 11 is 5.91. The lowest BCUT2D eigenvalue weighted by molar-refractivity contribution is -0.148. The van der Waals surface area contributed by atoms with Gasteiger partial charge in [-0.05, 0) is 23.6 Å². The highest BCUT2D eigenvalue weighted by molar-refractivity contribution is 6.30. The number of carbonyl (C=O) groups excluding carboxylic acids is 1. The molecule has 3 aromatic rings. The number of fused-ring (bicyclic) bond motifs is 1. The van der Waals surface area contributed by atoms with E-state index in [-0.39, 0.29) is 30.0 Å². The van der Waals surface area contributed by atoms with Gasteiger partial charge in [0.1, 0.15) is 12.3 Å². The Morgan fingerprint density at radius 3 is 2.67 bits per heavy atom. The van der Waals surface area contributed by atoms with Gasteiger partial charge in [0.2, 0.25) is 0 Å². The number of rotatable bonds is 6. The summed E-state index contributed by atoms with van der Waals surface area (Å²) in [6.45, 7) is 4.03. The molecule has 3 rings (SSSR count). The van der Waals surface area contributed by atoms with Crippen LogP contribution in [0.15, 0.2) is 59.5 Å². The molecule has 0 amide bonds. The molecule has 0 spiro atoms. The van der Waals surface area contributed by atoms with Crippen LogP contribution in [0.25, 0.3) is 5.65 Å². The number of hydrogen-bond donors (Lipinski definition) is 0. The number of nitrogens with zero attached hydrogens (tertiary/aromatic N) is 2. The summed E-state index contributed by atoms with van der Waals surface area (Å²) in [5, 5.41) is 0.449. The molecular formula is C21H21ClN2O3. The van der Waals surface area contributed by atoms with Crippen LogP contribution in [0.1, 0.15) is 37.4 Å². The molecule has 6 heteroatoms. The standard InChI is InChI=1S/C21H21ClN2O3/c1-3-14(2)20(15-7-5-4-6-8-15)21(26)27-13-17-11-19(25)24-12-16(22)9-10-18(24)23-17/h4-12,14,20H,3,13H2,1-2H3/t14-,20+/m0/s1. The summed E-state index contributed by atoms with van der Waals surface area (Å²) in [7, 11) is 0. The molecule has 0 unspecified atom stereocenters. The van der Waals surface area contributed by atoms with Gasteiger partial charge in [-0.1, -0.05) is 62.2 Å². The van der Waals surface area contributed by atoms with Crippen molar-refractivity contribution in [3.63, 3.8) is 0 Å². The van der Waals surface area contributed by atoms with Gasteiger partial charge in [-0.3, -0.25) is 14.0 Å². The van der Waals surface area contributed by atoms with Crippen molar-refractivity contribution in [3.8, 4) is 0 Å². The van der Waals surface area contributed by atoms with Gasteiger partial charge in [0.15, 0.2) is 0 Å². The Morgan fingerprint density at radius 2 is 1.96 bits per heavy atom. The first-order chi connectivity index (χ1) is 13.0. The van der Waals surface area contributed by atoms with Crippen molar-refractivity contribution in [2.75, 3.05) is 0 Å². The maximum Gasteiger partial charge on any atom is 0.314 e. The second-order valence-corrected chi connectivity index (χ2v) is 6.98. The van der Waals surface area contributed by atoms with E-state index < -0.39 is 0 Å². The predicted molar refractivity (Wildman–Crippen MR) is 105 cm³/mol. The summed E-state index contributed by atoms with van der Waals surface area (Å²) in [5.74, 6) is -0.526. The normalized spacial score (nSPS) is 13.3. The van der Waals surface area contributed by atoms with E-state index in [1.165, 1.54) is 16.7 Å². The van der Waals surface area contributed by atoms with Gasteiger partial charge in [0, 0.05) is 12.3 Å². The molecule has 27 heavy (non-hydrogen) atoms. The minimum atomic E-state index is -0.350. The highest BCUT2D eigenvalue weighted by atomic mass is 35.5. The summed E-state index contributed by atoms with van der Waals surface area (Å²) in [6, 6.07) is 14.3. The second kappa shape index (κ2) is 8.35. The fourth-order valence-electron chi connectivity index (χ4n) is 3.03. The monoisotopic (exact) mass is 384 g/mol. The Bertz CT molecular complexity index is 1000. The molecule has 0 fully saturated rings. The van der Waals surface area contributed by atoms with Crippen LogP contribution < -0.4 is 5.56 Å². The first-order valence-electron chi connectivity index (χ1n) is 8.89. The van der Waals surface area contributed by atoms with Crippen LogP contribution in [0.4, 0.5) is 0 Å². The van der Waals surface area contributed by atoms with Crippen LogP contribution in [-0.2, 0) is 16.1 Å². The SMILES string of the molecule is CC[C@H](C)[C@@H](C(=O)OCc1cc(=O)n2cc(Cl)ccc2n1)c1ccccc1. The lowest BCUT2D eigenvalue weighted by atomic mass is 9.86. The van der Waals surface area contributed by atoms with Crippen LogP contribution in [0.2, 0.25) is 5.02 Å². The minimum Gasteiger partial charge on any atom is -0.459 e. The Kier molecular flexibility index (Phi) is 5.91.